The number of nitrogens with zero attached hydrogens (tertiary/aromatic N) is 4. The number of aliphatic hydroxyl groups excluding tert-OH is 1. The largest absolute Gasteiger partial charge is 0.391 e. The highest BCUT2D eigenvalue weighted by Crippen LogP contribution is 2.48. The highest BCUT2D eigenvalue weighted by molar-refractivity contribution is 7.54. The lowest BCUT2D eigenvalue weighted by molar-refractivity contribution is -0.133. The van der Waals surface area contributed by atoms with Crippen LogP contribution in [0.1, 0.15) is 30.8 Å². The summed E-state index contributed by atoms with van der Waals surface area (Å²) < 4.78 is 24.3. The van der Waals surface area contributed by atoms with Crippen LogP contribution in [-0.4, -0.2) is 103 Å². The van der Waals surface area contributed by atoms with Crippen molar-refractivity contribution in [3.05, 3.63) is 42.1 Å². The minimum absolute atomic E-state index is 0.0565. The van der Waals surface area contributed by atoms with Gasteiger partial charge < -0.3 is 34.6 Å². The number of carbonyl (C=O) groups is 2. The average Bonchev–Trinajstić information content (AvgIpc) is 3.39. The summed E-state index contributed by atoms with van der Waals surface area (Å²) in [5.41, 5.74) is 0.778. The summed E-state index contributed by atoms with van der Waals surface area (Å²) in [6, 6.07) is 9.67. The van der Waals surface area contributed by atoms with E-state index in [0.29, 0.717) is 57.3 Å². The van der Waals surface area contributed by atoms with Crippen molar-refractivity contribution in [1.29, 1.82) is 0 Å². The number of aromatic nitrogens is 2. The molecule has 0 spiro atoms. The summed E-state index contributed by atoms with van der Waals surface area (Å²) in [6.45, 7) is 6.81. The smallest absolute Gasteiger partial charge is 0.333 e. The maximum Gasteiger partial charge on any atom is 0.333 e. The van der Waals surface area contributed by atoms with Gasteiger partial charge in [0.25, 0.3) is 5.91 Å². The Bertz CT molecular complexity index is 1170. The zero-order valence-electron chi connectivity index (χ0n) is 22.4. The number of rotatable bonds is 11. The third-order valence-corrected chi connectivity index (χ3v) is 8.67. The Morgan fingerprint density at radius 1 is 1.13 bits per heavy atom. The number of benzene rings is 1. The molecule has 0 bridgehead atoms. The molecule has 2 fully saturated rings. The second-order valence-corrected chi connectivity index (χ2v) is 11.5. The third kappa shape index (κ3) is 7.61. The van der Waals surface area contributed by atoms with E-state index in [0.717, 1.165) is 5.56 Å². The molecule has 0 aliphatic carbocycles. The number of hydrogen-bond acceptors (Lipinski definition) is 10. The summed E-state index contributed by atoms with van der Waals surface area (Å²) in [7, 11) is -3.67. The number of carbonyl (C=O) groups excluding carboxylic acids is 2. The van der Waals surface area contributed by atoms with Gasteiger partial charge in [-0.15, -0.1) is 0 Å². The number of hydrogen-bond donors (Lipinski definition) is 3. The molecule has 0 radical (unpaired) electrons. The van der Waals surface area contributed by atoms with E-state index in [4.69, 9.17) is 9.05 Å². The molecule has 2 atom stereocenters. The monoisotopic (exact) mass is 560 g/mol. The lowest BCUT2D eigenvalue weighted by Gasteiger charge is -2.32. The molecule has 2 aliphatic heterocycles. The molecule has 13 heteroatoms. The highest BCUT2D eigenvalue weighted by atomic mass is 31.2. The van der Waals surface area contributed by atoms with Crippen LogP contribution in [0.5, 0.6) is 0 Å². The van der Waals surface area contributed by atoms with Crippen molar-refractivity contribution < 1.29 is 28.3 Å². The van der Waals surface area contributed by atoms with Crippen molar-refractivity contribution in [3.63, 3.8) is 0 Å². The zero-order valence-corrected chi connectivity index (χ0v) is 23.3. The molecule has 2 unspecified atom stereocenters. The molecule has 212 valence electrons. The number of nitrogens with one attached hydrogen (secondary N) is 2. The SMILES string of the molecule is CCOP(=O)(CC(NC(=O)c1cc(N2CCC(O)C2)nc(-c2ccccc2)n1)C(=O)N1CCNCC1)OCC. The molecular weight excluding hydrogens is 523 g/mol. The molecule has 0 saturated carbocycles. The Balaban J connectivity index is 1.65. The van der Waals surface area contributed by atoms with Gasteiger partial charge in [0.15, 0.2) is 5.82 Å². The quantitative estimate of drug-likeness (QED) is 0.346. The Kier molecular flexibility index (Phi) is 10.0. The summed E-state index contributed by atoms with van der Waals surface area (Å²) in [5.74, 6) is -0.114. The second-order valence-electron chi connectivity index (χ2n) is 9.42. The first-order chi connectivity index (χ1) is 18.8. The maximum atomic E-state index is 13.6. The average molecular weight is 561 g/mol. The van der Waals surface area contributed by atoms with Crippen LogP contribution in [0.4, 0.5) is 5.82 Å². The topological polar surface area (TPSA) is 146 Å². The summed E-state index contributed by atoms with van der Waals surface area (Å²) >= 11 is 0. The highest BCUT2D eigenvalue weighted by Gasteiger charge is 2.36. The standard InChI is InChI=1S/C26H37N6O6P/c1-3-37-39(36,38-4-2)18-22(26(35)31-14-11-27-12-15-31)29-25(34)21-16-23(32-13-10-20(33)17-32)30-24(28-21)19-8-6-5-7-9-19/h5-9,16,20,22,27,33H,3-4,10-15,17-18H2,1-2H3,(H,29,34). The number of β-amino-alcohol motifs (C(OH)–C–C–N with tert-alkyl or cyclic N) is 1. The van der Waals surface area contributed by atoms with Crippen LogP contribution in [0.2, 0.25) is 0 Å². The van der Waals surface area contributed by atoms with Gasteiger partial charge in [-0.3, -0.25) is 14.2 Å². The fraction of sp³-hybridized carbons (Fsp3) is 0.538. The van der Waals surface area contributed by atoms with E-state index >= 15 is 0 Å². The number of amides is 2. The number of aliphatic hydroxyl groups is 1. The molecule has 2 saturated heterocycles. The van der Waals surface area contributed by atoms with Gasteiger partial charge in [-0.25, -0.2) is 9.97 Å². The minimum Gasteiger partial charge on any atom is -0.391 e. The molecule has 2 aromatic rings. The van der Waals surface area contributed by atoms with E-state index in [1.807, 2.05) is 35.2 Å². The van der Waals surface area contributed by atoms with Crippen molar-refractivity contribution in [2.24, 2.45) is 0 Å². The van der Waals surface area contributed by atoms with E-state index in [1.165, 1.54) is 0 Å². The fourth-order valence-corrected chi connectivity index (χ4v) is 6.43. The normalized spacial score (nSPS) is 18.7. The van der Waals surface area contributed by atoms with Crippen molar-refractivity contribution in [3.8, 4) is 11.4 Å². The molecular formula is C26H37N6O6P. The molecule has 4 rings (SSSR count). The van der Waals surface area contributed by atoms with E-state index in [1.54, 1.807) is 24.8 Å². The molecule has 3 heterocycles. The Morgan fingerprint density at radius 3 is 2.44 bits per heavy atom. The third-order valence-electron chi connectivity index (χ3n) is 6.55. The summed E-state index contributed by atoms with van der Waals surface area (Å²) in [6.07, 6.45) is -0.187. The van der Waals surface area contributed by atoms with Crippen molar-refractivity contribution >= 4 is 25.2 Å². The molecule has 39 heavy (non-hydrogen) atoms. The Morgan fingerprint density at radius 2 is 1.82 bits per heavy atom. The summed E-state index contributed by atoms with van der Waals surface area (Å²) in [4.78, 5) is 39.9. The van der Waals surface area contributed by atoms with E-state index in [-0.39, 0.29) is 31.0 Å². The first-order valence-electron chi connectivity index (χ1n) is 13.4. The first kappa shape index (κ1) is 29.1. The molecule has 2 amide bonds. The van der Waals surface area contributed by atoms with E-state index in [2.05, 4.69) is 20.6 Å². The maximum absolute atomic E-state index is 13.6. The van der Waals surface area contributed by atoms with Gasteiger partial charge in [-0.05, 0) is 20.3 Å². The zero-order chi connectivity index (χ0) is 27.8. The van der Waals surface area contributed by atoms with Crippen LogP contribution >= 0.6 is 7.60 Å². The predicted molar refractivity (Wildman–Crippen MR) is 147 cm³/mol. The van der Waals surface area contributed by atoms with Crippen LogP contribution in [0.3, 0.4) is 0 Å². The minimum atomic E-state index is -3.67. The van der Waals surface area contributed by atoms with E-state index in [9.17, 15) is 19.3 Å². The lowest BCUT2D eigenvalue weighted by Crippen LogP contribution is -2.55. The predicted octanol–water partition coefficient (Wildman–Crippen LogP) is 1.51. The van der Waals surface area contributed by atoms with Gasteiger partial charge in [0.2, 0.25) is 5.91 Å². The molecule has 1 aromatic carbocycles. The van der Waals surface area contributed by atoms with Crippen LogP contribution < -0.4 is 15.5 Å². The van der Waals surface area contributed by atoms with Gasteiger partial charge in [0.1, 0.15) is 17.6 Å². The van der Waals surface area contributed by atoms with Crippen molar-refractivity contribution in [2.75, 3.05) is 63.5 Å². The van der Waals surface area contributed by atoms with Gasteiger partial charge in [-0.2, -0.15) is 0 Å². The van der Waals surface area contributed by atoms with Crippen LogP contribution in [0.15, 0.2) is 36.4 Å². The van der Waals surface area contributed by atoms with Gasteiger partial charge >= 0.3 is 7.60 Å². The van der Waals surface area contributed by atoms with Gasteiger partial charge in [-0.1, -0.05) is 30.3 Å². The fourth-order valence-electron chi connectivity index (χ4n) is 4.66. The molecule has 3 N–H and O–H groups in total. The number of anilines is 1. The van der Waals surface area contributed by atoms with Crippen molar-refractivity contribution in [2.45, 2.75) is 32.4 Å². The lowest BCUT2D eigenvalue weighted by atomic mass is 10.2. The first-order valence-corrected chi connectivity index (χ1v) is 15.1. The van der Waals surface area contributed by atoms with Crippen LogP contribution in [-0.2, 0) is 18.4 Å². The van der Waals surface area contributed by atoms with E-state index < -0.39 is 25.6 Å². The Labute approximate surface area is 228 Å². The van der Waals surface area contributed by atoms with Crippen LogP contribution in [0, 0.1) is 0 Å². The number of piperazine rings is 1. The van der Waals surface area contributed by atoms with Crippen LogP contribution in [0.25, 0.3) is 11.4 Å². The Hall–Kier alpha value is -2.89. The molecule has 1 aromatic heterocycles. The molecule has 12 nitrogen and oxygen atoms in total. The molecule has 2 aliphatic rings. The second kappa shape index (κ2) is 13.5. The summed E-state index contributed by atoms with van der Waals surface area (Å²) in [5, 5.41) is 16.0. The van der Waals surface area contributed by atoms with Crippen molar-refractivity contribution in [1.82, 2.24) is 25.5 Å². The van der Waals surface area contributed by atoms with Gasteiger partial charge in [0.05, 0.1) is 25.5 Å². The van der Waals surface area contributed by atoms with Gasteiger partial charge in [0, 0.05) is 50.9 Å².